The van der Waals surface area contributed by atoms with Crippen LogP contribution < -0.4 is 5.32 Å². The molecule has 0 radical (unpaired) electrons. The van der Waals surface area contributed by atoms with Gasteiger partial charge in [0, 0.05) is 18.4 Å². The van der Waals surface area contributed by atoms with Crippen molar-refractivity contribution in [1.82, 2.24) is 5.32 Å². The highest BCUT2D eigenvalue weighted by Crippen LogP contribution is 2.47. The largest absolute Gasteiger partial charge is 0.387 e. The Balaban J connectivity index is 2.22. The molecule has 2 aliphatic heterocycles. The number of hydrogen-bond acceptors (Lipinski definition) is 8. The predicted octanol–water partition coefficient (Wildman–Crippen LogP) is 0.682. The maximum absolute atomic E-state index is 11.8. The van der Waals surface area contributed by atoms with Crippen LogP contribution in [-0.4, -0.2) is 82.1 Å². The molecule has 2 heterocycles. The van der Waals surface area contributed by atoms with Crippen LogP contribution in [0.5, 0.6) is 0 Å². The van der Waals surface area contributed by atoms with E-state index >= 15 is 0 Å². The van der Waals surface area contributed by atoms with Crippen LogP contribution in [-0.2, 0) is 23.7 Å². The number of hydrogen-bond donors (Lipinski definition) is 4. The molecule has 4 N–H and O–H groups in total. The third kappa shape index (κ3) is 5.32. The molecule has 2 aliphatic rings. The average Bonchev–Trinajstić information content (AvgIpc) is 2.77. The van der Waals surface area contributed by atoms with Gasteiger partial charge in [-0.1, -0.05) is 20.8 Å². The molecule has 7 atom stereocenters. The molecule has 0 aromatic heterocycles. The molecule has 0 aliphatic carbocycles. The zero-order valence-corrected chi connectivity index (χ0v) is 19.3. The Morgan fingerprint density at radius 2 is 1.67 bits per heavy atom. The Bertz CT molecular complexity index is 602. The summed E-state index contributed by atoms with van der Waals surface area (Å²) in [7, 11) is 0. The van der Waals surface area contributed by atoms with Gasteiger partial charge in [0.2, 0.25) is 5.91 Å². The molecule has 2 rings (SSSR count). The lowest BCUT2D eigenvalue weighted by molar-refractivity contribution is -0.340. The maximum atomic E-state index is 11.8. The van der Waals surface area contributed by atoms with Crippen molar-refractivity contribution in [3.63, 3.8) is 0 Å². The van der Waals surface area contributed by atoms with E-state index in [4.69, 9.17) is 18.9 Å². The summed E-state index contributed by atoms with van der Waals surface area (Å²) >= 11 is 0. The van der Waals surface area contributed by atoms with Crippen molar-refractivity contribution in [1.29, 1.82) is 0 Å². The normalized spacial score (nSPS) is 38.4. The first-order valence-electron chi connectivity index (χ1n) is 10.6. The minimum Gasteiger partial charge on any atom is -0.387 e. The van der Waals surface area contributed by atoms with Crippen molar-refractivity contribution in [2.45, 2.75) is 116 Å². The molecular weight excluding hydrogens is 394 g/mol. The third-order valence-electron chi connectivity index (χ3n) is 6.18. The summed E-state index contributed by atoms with van der Waals surface area (Å²) in [4.78, 5) is 11.8. The smallest absolute Gasteiger partial charge is 0.219 e. The van der Waals surface area contributed by atoms with Crippen LogP contribution in [0.1, 0.15) is 61.8 Å². The predicted molar refractivity (Wildman–Crippen MR) is 108 cm³/mol. The molecule has 0 aromatic rings. The van der Waals surface area contributed by atoms with Crippen LogP contribution in [0.2, 0.25) is 0 Å². The Morgan fingerprint density at radius 3 is 2.13 bits per heavy atom. The van der Waals surface area contributed by atoms with Crippen LogP contribution >= 0.6 is 0 Å². The van der Waals surface area contributed by atoms with Gasteiger partial charge in [-0.2, -0.15) is 0 Å². The van der Waals surface area contributed by atoms with Crippen molar-refractivity contribution >= 4 is 5.91 Å². The highest BCUT2D eigenvalue weighted by Gasteiger charge is 2.57. The van der Waals surface area contributed by atoms with Crippen LogP contribution in [0, 0.1) is 5.41 Å². The van der Waals surface area contributed by atoms with Crippen molar-refractivity contribution in [3.8, 4) is 0 Å². The van der Waals surface area contributed by atoms with Gasteiger partial charge in [-0.15, -0.1) is 0 Å². The molecule has 0 aromatic carbocycles. The molecule has 9 heteroatoms. The fraction of sp³-hybridized carbons (Fsp3) is 0.952. The number of carbonyl (C=O) groups excluding carboxylic acids is 1. The van der Waals surface area contributed by atoms with Crippen molar-refractivity contribution in [2.75, 3.05) is 6.54 Å². The standard InChI is InChI=1S/C21H39NO8/c1-9-12(23)22-10-11-15(13(24)14(25)17(27-11)29-19(2,3)4)28-18-16(26)20(5,6)21(7,8)30-18/h11,13-18,24-26H,9-10H2,1-8H3,(H,22,23). The van der Waals surface area contributed by atoms with Crippen LogP contribution in [0.15, 0.2) is 0 Å². The number of aliphatic hydroxyl groups excluding tert-OH is 3. The molecule has 0 spiro atoms. The van der Waals surface area contributed by atoms with Crippen LogP contribution in [0.3, 0.4) is 0 Å². The van der Waals surface area contributed by atoms with E-state index in [9.17, 15) is 20.1 Å². The van der Waals surface area contributed by atoms with Crippen molar-refractivity contribution in [3.05, 3.63) is 0 Å². The molecular formula is C21H39NO8. The van der Waals surface area contributed by atoms with E-state index in [1.807, 2.05) is 27.7 Å². The lowest BCUT2D eigenvalue weighted by Crippen LogP contribution is -2.63. The summed E-state index contributed by atoms with van der Waals surface area (Å²) < 4.78 is 23.5. The minimum atomic E-state index is -1.38. The molecule has 2 fully saturated rings. The highest BCUT2D eigenvalue weighted by molar-refractivity contribution is 5.75. The molecule has 176 valence electrons. The maximum Gasteiger partial charge on any atom is 0.219 e. The number of carbonyl (C=O) groups is 1. The topological polar surface area (TPSA) is 127 Å². The zero-order chi connectivity index (χ0) is 23.1. The summed E-state index contributed by atoms with van der Waals surface area (Å²) in [5.74, 6) is -0.189. The summed E-state index contributed by atoms with van der Waals surface area (Å²) in [5.41, 5.74) is -1.92. The van der Waals surface area contributed by atoms with E-state index in [0.717, 1.165) is 0 Å². The summed E-state index contributed by atoms with van der Waals surface area (Å²) in [6.07, 6.45) is -7.45. The molecule has 30 heavy (non-hydrogen) atoms. The molecule has 1 amide bonds. The second kappa shape index (κ2) is 8.97. The van der Waals surface area contributed by atoms with Crippen molar-refractivity contribution in [2.24, 2.45) is 5.41 Å². The van der Waals surface area contributed by atoms with Gasteiger partial charge in [0.05, 0.1) is 11.2 Å². The first kappa shape index (κ1) is 25.5. The average molecular weight is 434 g/mol. The molecule has 7 unspecified atom stereocenters. The number of ether oxygens (including phenoxy) is 4. The first-order valence-corrected chi connectivity index (χ1v) is 10.6. The Kier molecular flexibility index (Phi) is 7.61. The lowest BCUT2D eigenvalue weighted by Gasteiger charge is -2.45. The van der Waals surface area contributed by atoms with Gasteiger partial charge >= 0.3 is 0 Å². The van der Waals surface area contributed by atoms with Crippen LogP contribution in [0.25, 0.3) is 0 Å². The fourth-order valence-corrected chi connectivity index (χ4v) is 3.48. The Morgan fingerprint density at radius 1 is 1.07 bits per heavy atom. The van der Waals surface area contributed by atoms with Gasteiger partial charge < -0.3 is 39.6 Å². The van der Waals surface area contributed by atoms with Gasteiger partial charge in [0.15, 0.2) is 12.6 Å². The van der Waals surface area contributed by atoms with E-state index in [0.29, 0.717) is 0 Å². The quantitative estimate of drug-likeness (QED) is 0.482. The number of rotatable bonds is 6. The van der Waals surface area contributed by atoms with Crippen molar-refractivity contribution < 1.29 is 39.1 Å². The van der Waals surface area contributed by atoms with E-state index in [1.165, 1.54) is 0 Å². The summed E-state index contributed by atoms with van der Waals surface area (Å²) in [6.45, 7) is 14.6. The fourth-order valence-electron chi connectivity index (χ4n) is 3.48. The number of nitrogens with one attached hydrogen (secondary N) is 1. The number of amides is 1. The molecule has 0 saturated carbocycles. The van der Waals surface area contributed by atoms with E-state index in [-0.39, 0.29) is 18.9 Å². The van der Waals surface area contributed by atoms with Gasteiger partial charge in [-0.3, -0.25) is 4.79 Å². The second-order valence-electron chi connectivity index (χ2n) is 10.2. The first-order chi connectivity index (χ1) is 13.6. The summed E-state index contributed by atoms with van der Waals surface area (Å²) in [6, 6.07) is 0. The molecule has 0 bridgehead atoms. The van der Waals surface area contributed by atoms with E-state index < -0.39 is 59.7 Å². The monoisotopic (exact) mass is 433 g/mol. The highest BCUT2D eigenvalue weighted by atomic mass is 16.7. The van der Waals surface area contributed by atoms with Gasteiger partial charge in [0.1, 0.15) is 30.5 Å². The van der Waals surface area contributed by atoms with Crippen LogP contribution in [0.4, 0.5) is 0 Å². The summed E-state index contributed by atoms with van der Waals surface area (Å²) in [5, 5.41) is 34.9. The second-order valence-corrected chi connectivity index (χ2v) is 10.2. The van der Waals surface area contributed by atoms with Gasteiger partial charge in [-0.25, -0.2) is 0 Å². The lowest BCUT2D eigenvalue weighted by atomic mass is 9.75. The Labute approximate surface area is 179 Å². The van der Waals surface area contributed by atoms with Gasteiger partial charge in [0.25, 0.3) is 0 Å². The zero-order valence-electron chi connectivity index (χ0n) is 19.3. The van der Waals surface area contributed by atoms with Gasteiger partial charge in [-0.05, 0) is 34.6 Å². The molecule has 9 nitrogen and oxygen atoms in total. The van der Waals surface area contributed by atoms with E-state index in [2.05, 4.69) is 5.32 Å². The molecule has 2 saturated heterocycles. The SMILES string of the molecule is CCC(=O)NCC1OC(OC(C)(C)C)C(O)C(O)C1OC1OC(C)(C)C(C)(C)C1O. The Hall–Kier alpha value is -0.810. The third-order valence-corrected chi connectivity index (χ3v) is 6.18. The number of aliphatic hydroxyl groups is 3. The van der Waals surface area contributed by atoms with E-state index in [1.54, 1.807) is 27.7 Å². The minimum absolute atomic E-state index is 0.0424.